The van der Waals surface area contributed by atoms with Gasteiger partial charge in [-0.2, -0.15) is 0 Å². The highest BCUT2D eigenvalue weighted by Gasteiger charge is 2.28. The normalized spacial score (nSPS) is 12.3. The van der Waals surface area contributed by atoms with E-state index in [2.05, 4.69) is 15.6 Å². The Morgan fingerprint density at radius 1 is 0.944 bits per heavy atom. The minimum atomic E-state index is -0.170. The van der Waals surface area contributed by atoms with E-state index >= 15 is 0 Å². The van der Waals surface area contributed by atoms with Gasteiger partial charge in [-0.05, 0) is 66.0 Å². The van der Waals surface area contributed by atoms with Gasteiger partial charge in [-0.25, -0.2) is 4.98 Å². The summed E-state index contributed by atoms with van der Waals surface area (Å²) >= 11 is 1.45. The van der Waals surface area contributed by atoms with Crippen molar-refractivity contribution in [2.75, 3.05) is 15.5 Å². The molecule has 2 aromatic heterocycles. The molecule has 0 saturated carbocycles. The number of carbonyl (C=O) groups excluding carboxylic acids is 1. The highest BCUT2D eigenvalue weighted by molar-refractivity contribution is 7.20. The van der Waals surface area contributed by atoms with Crippen LogP contribution in [0.25, 0.3) is 10.1 Å². The van der Waals surface area contributed by atoms with Crippen LogP contribution in [0.5, 0.6) is 0 Å². The molecule has 0 spiro atoms. The quantitative estimate of drug-likeness (QED) is 0.173. The number of carbonyl (C=O) groups is 1. The molecule has 1 aliphatic heterocycles. The van der Waals surface area contributed by atoms with Gasteiger partial charge in [-0.3, -0.25) is 20.5 Å². The molecular formula is C28H20N6OS. The van der Waals surface area contributed by atoms with Crippen LogP contribution in [-0.2, 0) is 0 Å². The number of nitrogens with zero attached hydrogens (tertiary/aromatic N) is 2. The number of fused-ring (bicyclic) bond motifs is 3. The van der Waals surface area contributed by atoms with Crippen molar-refractivity contribution in [3.8, 4) is 0 Å². The molecule has 0 unspecified atom stereocenters. The largest absolute Gasteiger partial charge is 0.338 e. The second-order valence-corrected chi connectivity index (χ2v) is 9.34. The van der Waals surface area contributed by atoms with Crippen LogP contribution >= 0.6 is 11.3 Å². The van der Waals surface area contributed by atoms with Crippen molar-refractivity contribution in [2.24, 2.45) is 0 Å². The lowest BCUT2D eigenvalue weighted by atomic mass is 10.1. The molecule has 7 nitrogen and oxygen atoms in total. The Hall–Kier alpha value is -4.82. The Balaban J connectivity index is 1.27. The van der Waals surface area contributed by atoms with E-state index in [9.17, 15) is 4.79 Å². The first-order valence-corrected chi connectivity index (χ1v) is 12.1. The number of amidine groups is 2. The van der Waals surface area contributed by atoms with Crippen LogP contribution in [0.3, 0.4) is 0 Å². The van der Waals surface area contributed by atoms with Crippen molar-refractivity contribution in [3.63, 3.8) is 0 Å². The third kappa shape index (κ3) is 3.79. The molecule has 0 saturated heterocycles. The monoisotopic (exact) mass is 488 g/mol. The lowest BCUT2D eigenvalue weighted by molar-refractivity contribution is 0.103. The number of anilines is 4. The van der Waals surface area contributed by atoms with Gasteiger partial charge in [-0.1, -0.05) is 30.3 Å². The average molecular weight is 489 g/mol. The maximum atomic E-state index is 12.8. The second-order valence-electron chi connectivity index (χ2n) is 8.25. The molecule has 174 valence electrons. The fourth-order valence-corrected chi connectivity index (χ4v) is 5.16. The number of pyridine rings is 1. The SMILES string of the molecule is N=C(c1ccc(NC(=O)c2cc3ccccc3s2)cc1)N1C(=N)c2ccccc2Nc2ncccc21. The Morgan fingerprint density at radius 3 is 2.56 bits per heavy atom. The fourth-order valence-electron chi connectivity index (χ4n) is 4.20. The summed E-state index contributed by atoms with van der Waals surface area (Å²) in [6, 6.07) is 28.0. The van der Waals surface area contributed by atoms with E-state index in [0.717, 1.165) is 15.8 Å². The topological polar surface area (TPSA) is 105 Å². The maximum absolute atomic E-state index is 12.8. The van der Waals surface area contributed by atoms with Crippen LogP contribution in [0.4, 0.5) is 22.9 Å². The molecule has 0 atom stereocenters. The molecule has 4 N–H and O–H groups in total. The molecule has 0 fully saturated rings. The Kier molecular flexibility index (Phi) is 5.28. The molecular weight excluding hydrogens is 468 g/mol. The van der Waals surface area contributed by atoms with Crippen LogP contribution in [0.2, 0.25) is 0 Å². The molecule has 1 aliphatic rings. The van der Waals surface area contributed by atoms with Crippen LogP contribution < -0.4 is 15.5 Å². The fraction of sp³-hybridized carbons (Fsp3) is 0. The first-order valence-electron chi connectivity index (χ1n) is 11.3. The smallest absolute Gasteiger partial charge is 0.265 e. The number of aromatic nitrogens is 1. The third-order valence-electron chi connectivity index (χ3n) is 5.98. The van der Waals surface area contributed by atoms with E-state index in [0.29, 0.717) is 33.2 Å². The van der Waals surface area contributed by atoms with Gasteiger partial charge in [0, 0.05) is 27.7 Å². The minimum Gasteiger partial charge on any atom is -0.338 e. The molecule has 3 heterocycles. The molecule has 8 heteroatoms. The second kappa shape index (κ2) is 8.75. The zero-order valence-electron chi connectivity index (χ0n) is 18.9. The number of hydrogen-bond donors (Lipinski definition) is 4. The van der Waals surface area contributed by atoms with E-state index in [-0.39, 0.29) is 17.6 Å². The summed E-state index contributed by atoms with van der Waals surface area (Å²) in [5.74, 6) is 0.715. The third-order valence-corrected chi connectivity index (χ3v) is 7.09. The van der Waals surface area contributed by atoms with Crippen molar-refractivity contribution in [1.29, 1.82) is 10.8 Å². The predicted octanol–water partition coefficient (Wildman–Crippen LogP) is 6.46. The summed E-state index contributed by atoms with van der Waals surface area (Å²) in [7, 11) is 0. The molecule has 6 rings (SSSR count). The van der Waals surface area contributed by atoms with Crippen LogP contribution in [-0.4, -0.2) is 22.6 Å². The Labute approximate surface area is 211 Å². The number of nitrogens with one attached hydrogen (secondary N) is 4. The van der Waals surface area contributed by atoms with Crippen LogP contribution in [0.1, 0.15) is 20.8 Å². The summed E-state index contributed by atoms with van der Waals surface area (Å²) in [4.78, 5) is 19.4. The van der Waals surface area contributed by atoms with Gasteiger partial charge in [0.25, 0.3) is 5.91 Å². The van der Waals surface area contributed by atoms with Gasteiger partial charge < -0.3 is 10.6 Å². The molecule has 0 bridgehead atoms. The lowest BCUT2D eigenvalue weighted by Crippen LogP contribution is -2.36. The molecule has 1 amide bonds. The molecule has 3 aromatic carbocycles. The van der Waals surface area contributed by atoms with Crippen molar-refractivity contribution >= 4 is 61.9 Å². The van der Waals surface area contributed by atoms with Crippen molar-refractivity contribution in [3.05, 3.63) is 113 Å². The highest BCUT2D eigenvalue weighted by atomic mass is 32.1. The highest BCUT2D eigenvalue weighted by Crippen LogP contribution is 2.35. The average Bonchev–Trinajstić information content (AvgIpc) is 3.30. The Bertz CT molecular complexity index is 1620. The first kappa shape index (κ1) is 21.7. The standard InChI is InChI=1S/C28H20N6OS/c29-25(34-22-9-5-15-31-27(22)33-21-8-3-2-7-20(21)26(34)30)17-11-13-19(14-12-17)32-28(35)24-16-18-6-1-4-10-23(18)36-24/h1-16,29-30H,(H,31,33)(H,32,35). The molecule has 0 radical (unpaired) electrons. The van der Waals surface area contributed by atoms with E-state index < -0.39 is 0 Å². The number of benzene rings is 3. The van der Waals surface area contributed by atoms with Crippen LogP contribution in [0.15, 0.2) is 97.2 Å². The van der Waals surface area contributed by atoms with E-state index in [4.69, 9.17) is 10.8 Å². The molecule has 0 aliphatic carbocycles. The van der Waals surface area contributed by atoms with E-state index in [1.165, 1.54) is 11.3 Å². The van der Waals surface area contributed by atoms with Gasteiger partial charge >= 0.3 is 0 Å². The molecule has 5 aromatic rings. The lowest BCUT2D eigenvalue weighted by Gasteiger charge is -2.25. The zero-order valence-corrected chi connectivity index (χ0v) is 19.8. The number of thiophene rings is 1. The van der Waals surface area contributed by atoms with Gasteiger partial charge in [0.2, 0.25) is 0 Å². The summed E-state index contributed by atoms with van der Waals surface area (Å²) in [6.07, 6.45) is 1.68. The van der Waals surface area contributed by atoms with E-state index in [1.807, 2.05) is 60.7 Å². The maximum Gasteiger partial charge on any atom is 0.265 e. The van der Waals surface area contributed by atoms with Gasteiger partial charge in [0.15, 0.2) is 5.82 Å². The predicted molar refractivity (Wildman–Crippen MR) is 146 cm³/mol. The van der Waals surface area contributed by atoms with Gasteiger partial charge in [0.1, 0.15) is 11.7 Å². The minimum absolute atomic E-state index is 0.134. The summed E-state index contributed by atoms with van der Waals surface area (Å²) in [5, 5.41) is 25.2. The summed E-state index contributed by atoms with van der Waals surface area (Å²) in [5.41, 5.74) is 3.29. The zero-order chi connectivity index (χ0) is 24.6. The van der Waals surface area contributed by atoms with E-state index in [1.54, 1.807) is 41.4 Å². The number of rotatable bonds is 3. The van der Waals surface area contributed by atoms with Crippen LogP contribution in [0, 0.1) is 10.8 Å². The van der Waals surface area contributed by atoms with Gasteiger partial charge in [-0.15, -0.1) is 11.3 Å². The first-order chi connectivity index (χ1) is 17.6. The summed E-state index contributed by atoms with van der Waals surface area (Å²) < 4.78 is 1.07. The number of para-hydroxylation sites is 1. The number of hydrogen-bond acceptors (Lipinski definition) is 6. The van der Waals surface area contributed by atoms with Crippen molar-refractivity contribution < 1.29 is 4.79 Å². The number of amides is 1. The van der Waals surface area contributed by atoms with Gasteiger partial charge in [0.05, 0.1) is 16.3 Å². The van der Waals surface area contributed by atoms with Crippen molar-refractivity contribution in [2.45, 2.75) is 0 Å². The van der Waals surface area contributed by atoms with Crippen molar-refractivity contribution in [1.82, 2.24) is 4.98 Å². The molecule has 36 heavy (non-hydrogen) atoms. The summed E-state index contributed by atoms with van der Waals surface area (Å²) in [6.45, 7) is 0. The Morgan fingerprint density at radius 2 is 1.72 bits per heavy atom.